The second-order valence-electron chi connectivity index (χ2n) is 4.28. The van der Waals surface area contributed by atoms with Crippen molar-refractivity contribution in [1.29, 1.82) is 0 Å². The van der Waals surface area contributed by atoms with Crippen molar-refractivity contribution in [3.05, 3.63) is 53.0 Å². The Morgan fingerprint density at radius 2 is 1.95 bits per heavy atom. The molecule has 0 aliphatic heterocycles. The van der Waals surface area contributed by atoms with Gasteiger partial charge in [-0.05, 0) is 25.1 Å². The normalized spacial score (nSPS) is 11.7. The number of ether oxygens (including phenoxy) is 1. The zero-order valence-electron chi connectivity index (χ0n) is 10.8. The van der Waals surface area contributed by atoms with Gasteiger partial charge in [0.1, 0.15) is 23.9 Å². The molecule has 0 fully saturated rings. The fourth-order valence-corrected chi connectivity index (χ4v) is 1.81. The molecule has 0 amide bonds. The summed E-state index contributed by atoms with van der Waals surface area (Å²) in [5, 5.41) is 0. The minimum absolute atomic E-state index is 0.00241. The SMILES string of the molecule is Cc1oc(CN)cc1COc1ccccc1C(F)(F)F. The fraction of sp³-hybridized carbons (Fsp3) is 0.286. The number of rotatable bonds is 4. The van der Waals surface area contributed by atoms with Crippen LogP contribution in [0.4, 0.5) is 13.2 Å². The van der Waals surface area contributed by atoms with Gasteiger partial charge in [-0.2, -0.15) is 13.2 Å². The van der Waals surface area contributed by atoms with Crippen molar-refractivity contribution in [2.45, 2.75) is 26.3 Å². The lowest BCUT2D eigenvalue weighted by Gasteiger charge is -2.13. The number of nitrogens with two attached hydrogens (primary N) is 1. The molecule has 0 bridgehead atoms. The van der Waals surface area contributed by atoms with Gasteiger partial charge in [-0.1, -0.05) is 12.1 Å². The summed E-state index contributed by atoms with van der Waals surface area (Å²) < 4.78 is 49.0. The van der Waals surface area contributed by atoms with Crippen molar-refractivity contribution in [3.8, 4) is 5.75 Å². The lowest BCUT2D eigenvalue weighted by Crippen LogP contribution is -2.08. The van der Waals surface area contributed by atoms with Crippen LogP contribution < -0.4 is 10.5 Å². The molecule has 1 aromatic heterocycles. The van der Waals surface area contributed by atoms with Crippen molar-refractivity contribution in [1.82, 2.24) is 0 Å². The van der Waals surface area contributed by atoms with Gasteiger partial charge in [-0.3, -0.25) is 0 Å². The molecule has 6 heteroatoms. The van der Waals surface area contributed by atoms with E-state index in [9.17, 15) is 13.2 Å². The Bertz CT molecular complexity index is 590. The van der Waals surface area contributed by atoms with E-state index in [1.54, 1.807) is 13.0 Å². The zero-order valence-corrected chi connectivity index (χ0v) is 10.8. The Hall–Kier alpha value is -1.95. The van der Waals surface area contributed by atoms with Gasteiger partial charge in [0.2, 0.25) is 0 Å². The van der Waals surface area contributed by atoms with E-state index in [2.05, 4.69) is 0 Å². The summed E-state index contributed by atoms with van der Waals surface area (Å²) in [5.74, 6) is 0.968. The van der Waals surface area contributed by atoms with Gasteiger partial charge < -0.3 is 14.9 Å². The highest BCUT2D eigenvalue weighted by atomic mass is 19.4. The standard InChI is InChI=1S/C14H14F3NO2/c1-9-10(6-11(7-18)20-9)8-19-13-5-3-2-4-12(13)14(15,16)17/h2-6H,7-8,18H2,1H3. The maximum Gasteiger partial charge on any atom is 0.419 e. The Balaban J connectivity index is 2.17. The highest BCUT2D eigenvalue weighted by molar-refractivity contribution is 5.36. The molecule has 0 saturated carbocycles. The van der Waals surface area contributed by atoms with Crippen molar-refractivity contribution in [3.63, 3.8) is 0 Å². The second kappa shape index (κ2) is 5.58. The molecule has 0 saturated heterocycles. The molecular weight excluding hydrogens is 271 g/mol. The number of para-hydroxylation sites is 1. The monoisotopic (exact) mass is 285 g/mol. The van der Waals surface area contributed by atoms with Crippen LogP contribution in [0.15, 0.2) is 34.7 Å². The first-order chi connectivity index (χ1) is 9.41. The first-order valence-corrected chi connectivity index (χ1v) is 5.99. The molecular formula is C14H14F3NO2. The topological polar surface area (TPSA) is 48.4 Å². The van der Waals surface area contributed by atoms with Gasteiger partial charge >= 0.3 is 6.18 Å². The van der Waals surface area contributed by atoms with E-state index in [1.165, 1.54) is 18.2 Å². The molecule has 0 aliphatic carbocycles. The molecule has 0 aliphatic rings. The fourth-order valence-electron chi connectivity index (χ4n) is 1.81. The largest absolute Gasteiger partial charge is 0.488 e. The number of hydrogen-bond acceptors (Lipinski definition) is 3. The molecule has 2 rings (SSSR count). The Morgan fingerprint density at radius 3 is 2.55 bits per heavy atom. The summed E-state index contributed by atoms with van der Waals surface area (Å²) in [6.45, 7) is 1.95. The molecule has 0 unspecified atom stereocenters. The summed E-state index contributed by atoms with van der Waals surface area (Å²) in [6.07, 6.45) is -4.44. The minimum atomic E-state index is -4.44. The number of furan rings is 1. The smallest absolute Gasteiger partial charge is 0.419 e. The van der Waals surface area contributed by atoms with E-state index < -0.39 is 11.7 Å². The quantitative estimate of drug-likeness (QED) is 0.932. The van der Waals surface area contributed by atoms with Crippen LogP contribution in [-0.4, -0.2) is 0 Å². The third-order valence-electron chi connectivity index (χ3n) is 2.85. The van der Waals surface area contributed by atoms with Crippen LogP contribution in [0.3, 0.4) is 0 Å². The summed E-state index contributed by atoms with van der Waals surface area (Å²) in [4.78, 5) is 0. The zero-order chi connectivity index (χ0) is 14.8. The maximum absolute atomic E-state index is 12.8. The molecule has 20 heavy (non-hydrogen) atoms. The maximum atomic E-state index is 12.8. The van der Waals surface area contributed by atoms with Crippen molar-refractivity contribution in [2.75, 3.05) is 0 Å². The first-order valence-electron chi connectivity index (χ1n) is 5.99. The van der Waals surface area contributed by atoms with E-state index >= 15 is 0 Å². The molecule has 3 nitrogen and oxygen atoms in total. The summed E-state index contributed by atoms with van der Waals surface area (Å²) >= 11 is 0. The lowest BCUT2D eigenvalue weighted by atomic mass is 10.2. The Labute approximate surface area is 114 Å². The van der Waals surface area contributed by atoms with Crippen LogP contribution in [0, 0.1) is 6.92 Å². The predicted octanol–water partition coefficient (Wildman–Crippen LogP) is 3.64. The first kappa shape index (κ1) is 14.5. The molecule has 0 spiro atoms. The average molecular weight is 285 g/mol. The van der Waals surface area contributed by atoms with Crippen LogP contribution in [0.1, 0.15) is 22.6 Å². The van der Waals surface area contributed by atoms with Crippen molar-refractivity contribution < 1.29 is 22.3 Å². The van der Waals surface area contributed by atoms with Gasteiger partial charge in [0.05, 0.1) is 12.1 Å². The Kier molecular flexibility index (Phi) is 4.04. The third-order valence-corrected chi connectivity index (χ3v) is 2.85. The molecule has 0 atom stereocenters. The highest BCUT2D eigenvalue weighted by Crippen LogP contribution is 2.36. The van der Waals surface area contributed by atoms with E-state index in [1.807, 2.05) is 0 Å². The number of benzene rings is 1. The minimum Gasteiger partial charge on any atom is -0.488 e. The van der Waals surface area contributed by atoms with Gasteiger partial charge in [0.15, 0.2) is 0 Å². The van der Waals surface area contributed by atoms with Gasteiger partial charge in [-0.25, -0.2) is 0 Å². The molecule has 0 radical (unpaired) electrons. The molecule has 2 aromatic rings. The van der Waals surface area contributed by atoms with E-state index in [0.717, 1.165) is 6.07 Å². The van der Waals surface area contributed by atoms with E-state index in [4.69, 9.17) is 14.9 Å². The highest BCUT2D eigenvalue weighted by Gasteiger charge is 2.34. The van der Waals surface area contributed by atoms with Gasteiger partial charge in [0, 0.05) is 5.56 Å². The van der Waals surface area contributed by atoms with Crippen LogP contribution in [-0.2, 0) is 19.3 Å². The number of halogens is 3. The summed E-state index contributed by atoms with van der Waals surface area (Å²) in [5.41, 5.74) is 5.33. The third kappa shape index (κ3) is 3.14. The number of alkyl halides is 3. The molecule has 108 valence electrons. The molecule has 1 heterocycles. The number of aryl methyl sites for hydroxylation is 1. The number of hydrogen-bond donors (Lipinski definition) is 1. The van der Waals surface area contributed by atoms with Crippen LogP contribution in [0.2, 0.25) is 0 Å². The van der Waals surface area contributed by atoms with Crippen LogP contribution in [0.5, 0.6) is 5.75 Å². The average Bonchev–Trinajstić information content (AvgIpc) is 2.76. The summed E-state index contributed by atoms with van der Waals surface area (Å²) in [7, 11) is 0. The molecule has 1 aromatic carbocycles. The van der Waals surface area contributed by atoms with Crippen molar-refractivity contribution >= 4 is 0 Å². The second-order valence-corrected chi connectivity index (χ2v) is 4.28. The Morgan fingerprint density at radius 1 is 1.25 bits per heavy atom. The van der Waals surface area contributed by atoms with Crippen LogP contribution >= 0.6 is 0 Å². The van der Waals surface area contributed by atoms with Gasteiger partial charge in [-0.15, -0.1) is 0 Å². The van der Waals surface area contributed by atoms with Crippen LogP contribution in [0.25, 0.3) is 0 Å². The lowest BCUT2D eigenvalue weighted by molar-refractivity contribution is -0.139. The van der Waals surface area contributed by atoms with Crippen molar-refractivity contribution in [2.24, 2.45) is 5.73 Å². The molecule has 2 N–H and O–H groups in total. The predicted molar refractivity (Wildman–Crippen MR) is 67.1 cm³/mol. The van der Waals surface area contributed by atoms with Gasteiger partial charge in [0.25, 0.3) is 0 Å². The summed E-state index contributed by atoms with van der Waals surface area (Å²) in [6, 6.07) is 6.79. The van der Waals surface area contributed by atoms with E-state index in [0.29, 0.717) is 17.1 Å². The van der Waals surface area contributed by atoms with E-state index in [-0.39, 0.29) is 18.9 Å².